The number of ether oxygens (including phenoxy) is 1. The lowest BCUT2D eigenvalue weighted by Gasteiger charge is -2.21. The molecule has 2 nitrogen and oxygen atoms in total. The summed E-state index contributed by atoms with van der Waals surface area (Å²) in [6, 6.07) is 7.96. The molecule has 1 aromatic rings. The van der Waals surface area contributed by atoms with Crippen LogP contribution in [0.15, 0.2) is 24.3 Å². The van der Waals surface area contributed by atoms with E-state index >= 15 is 0 Å². The summed E-state index contributed by atoms with van der Waals surface area (Å²) in [4.78, 5) is 0. The molecule has 1 heterocycles. The van der Waals surface area contributed by atoms with Crippen molar-refractivity contribution in [3.63, 3.8) is 0 Å². The van der Waals surface area contributed by atoms with Gasteiger partial charge in [0.05, 0.1) is 12.7 Å². The van der Waals surface area contributed by atoms with Crippen molar-refractivity contribution in [3.8, 4) is 5.75 Å². The Kier molecular flexibility index (Phi) is 3.45. The van der Waals surface area contributed by atoms with E-state index < -0.39 is 5.60 Å². The molecule has 1 fully saturated rings. The van der Waals surface area contributed by atoms with Crippen LogP contribution < -0.4 is 4.74 Å². The van der Waals surface area contributed by atoms with E-state index in [4.69, 9.17) is 4.74 Å². The van der Waals surface area contributed by atoms with Crippen LogP contribution in [0.3, 0.4) is 0 Å². The summed E-state index contributed by atoms with van der Waals surface area (Å²) in [7, 11) is 1.67. The Labute approximate surface area is 101 Å². The third kappa shape index (κ3) is 2.71. The molecule has 0 amide bonds. The van der Waals surface area contributed by atoms with Gasteiger partial charge in [-0.05, 0) is 24.1 Å². The predicted octanol–water partition coefficient (Wildman–Crippen LogP) is 2.49. The molecule has 16 heavy (non-hydrogen) atoms. The number of aliphatic hydroxyl groups is 1. The average Bonchev–Trinajstić information content (AvgIpc) is 2.58. The van der Waals surface area contributed by atoms with E-state index in [-0.39, 0.29) is 0 Å². The zero-order chi connectivity index (χ0) is 11.6. The predicted molar refractivity (Wildman–Crippen MR) is 68.2 cm³/mol. The van der Waals surface area contributed by atoms with Crippen molar-refractivity contribution in [2.75, 3.05) is 12.9 Å². The monoisotopic (exact) mass is 238 g/mol. The molecule has 2 unspecified atom stereocenters. The molecule has 2 atom stereocenters. The number of rotatable bonds is 3. The third-order valence-corrected chi connectivity index (χ3v) is 4.41. The molecule has 1 aliphatic rings. The first-order chi connectivity index (χ1) is 7.61. The standard InChI is InChI=1S/C13H18O2S/c1-10-7-13(14,9-16-10)8-11-4-3-5-12(6-11)15-2/h3-6,10,14H,7-9H2,1-2H3. The first-order valence-electron chi connectivity index (χ1n) is 5.58. The van der Waals surface area contributed by atoms with Gasteiger partial charge in [0.15, 0.2) is 0 Å². The summed E-state index contributed by atoms with van der Waals surface area (Å²) < 4.78 is 5.19. The van der Waals surface area contributed by atoms with Crippen LogP contribution >= 0.6 is 11.8 Å². The van der Waals surface area contributed by atoms with Gasteiger partial charge >= 0.3 is 0 Å². The van der Waals surface area contributed by atoms with Crippen LogP contribution in [0.4, 0.5) is 0 Å². The minimum atomic E-state index is -0.531. The van der Waals surface area contributed by atoms with Gasteiger partial charge in [-0.25, -0.2) is 0 Å². The van der Waals surface area contributed by atoms with E-state index in [0.717, 1.165) is 29.9 Å². The molecule has 1 aromatic carbocycles. The zero-order valence-corrected chi connectivity index (χ0v) is 10.6. The van der Waals surface area contributed by atoms with Crippen LogP contribution in [-0.4, -0.2) is 28.8 Å². The number of hydrogen-bond donors (Lipinski definition) is 1. The van der Waals surface area contributed by atoms with Crippen LogP contribution in [0.5, 0.6) is 5.75 Å². The van der Waals surface area contributed by atoms with Gasteiger partial charge in [-0.3, -0.25) is 0 Å². The number of hydrogen-bond acceptors (Lipinski definition) is 3. The zero-order valence-electron chi connectivity index (χ0n) is 9.77. The van der Waals surface area contributed by atoms with Gasteiger partial charge in [0, 0.05) is 17.4 Å². The van der Waals surface area contributed by atoms with E-state index in [1.807, 2.05) is 36.0 Å². The third-order valence-electron chi connectivity index (χ3n) is 2.97. The van der Waals surface area contributed by atoms with Gasteiger partial charge in [0.1, 0.15) is 5.75 Å². The molecule has 2 rings (SSSR count). The maximum atomic E-state index is 10.4. The van der Waals surface area contributed by atoms with Gasteiger partial charge in [-0.2, -0.15) is 11.8 Å². The lowest BCUT2D eigenvalue weighted by Crippen LogP contribution is -2.31. The Morgan fingerprint density at radius 1 is 1.56 bits per heavy atom. The highest BCUT2D eigenvalue weighted by Gasteiger charge is 2.35. The molecule has 0 aliphatic carbocycles. The summed E-state index contributed by atoms with van der Waals surface area (Å²) in [5.41, 5.74) is 0.618. The van der Waals surface area contributed by atoms with Crippen molar-refractivity contribution in [1.82, 2.24) is 0 Å². The summed E-state index contributed by atoms with van der Waals surface area (Å²) in [5.74, 6) is 1.70. The van der Waals surface area contributed by atoms with E-state index in [1.165, 1.54) is 0 Å². The van der Waals surface area contributed by atoms with Gasteiger partial charge in [0.2, 0.25) is 0 Å². The number of benzene rings is 1. The van der Waals surface area contributed by atoms with Crippen LogP contribution in [0, 0.1) is 0 Å². The second-order valence-electron chi connectivity index (χ2n) is 4.58. The smallest absolute Gasteiger partial charge is 0.119 e. The SMILES string of the molecule is COc1cccc(CC2(O)CSC(C)C2)c1. The first kappa shape index (κ1) is 11.8. The van der Waals surface area contributed by atoms with Crippen LogP contribution in [-0.2, 0) is 6.42 Å². The molecule has 1 aliphatic heterocycles. The highest BCUT2D eigenvalue weighted by molar-refractivity contribution is 8.00. The topological polar surface area (TPSA) is 29.5 Å². The van der Waals surface area contributed by atoms with Gasteiger partial charge < -0.3 is 9.84 Å². The lowest BCUT2D eigenvalue weighted by atomic mass is 9.92. The van der Waals surface area contributed by atoms with Crippen LogP contribution in [0.25, 0.3) is 0 Å². The Morgan fingerprint density at radius 2 is 2.38 bits per heavy atom. The summed E-state index contributed by atoms with van der Waals surface area (Å²) in [6.07, 6.45) is 1.61. The Hall–Kier alpha value is -0.670. The second-order valence-corrected chi connectivity index (χ2v) is 6.01. The quantitative estimate of drug-likeness (QED) is 0.877. The normalized spacial score (nSPS) is 29.3. The Morgan fingerprint density at radius 3 is 3.00 bits per heavy atom. The van der Waals surface area contributed by atoms with Crippen molar-refractivity contribution in [2.24, 2.45) is 0 Å². The lowest BCUT2D eigenvalue weighted by molar-refractivity contribution is 0.0642. The van der Waals surface area contributed by atoms with E-state index in [0.29, 0.717) is 5.25 Å². The number of methoxy groups -OCH3 is 1. The maximum Gasteiger partial charge on any atom is 0.119 e. The fraction of sp³-hybridized carbons (Fsp3) is 0.538. The molecule has 0 radical (unpaired) electrons. The maximum absolute atomic E-state index is 10.4. The van der Waals surface area contributed by atoms with Gasteiger partial charge in [0.25, 0.3) is 0 Å². The first-order valence-corrected chi connectivity index (χ1v) is 6.63. The summed E-state index contributed by atoms with van der Waals surface area (Å²) in [6.45, 7) is 2.17. The molecule has 1 saturated heterocycles. The fourth-order valence-corrected chi connectivity index (χ4v) is 3.48. The highest BCUT2D eigenvalue weighted by Crippen LogP contribution is 2.36. The minimum absolute atomic E-state index is 0.531. The molecule has 0 spiro atoms. The molecular weight excluding hydrogens is 220 g/mol. The Bertz CT molecular complexity index is 367. The molecule has 3 heteroatoms. The molecule has 88 valence electrons. The van der Waals surface area contributed by atoms with Crippen molar-refractivity contribution >= 4 is 11.8 Å². The number of thioether (sulfide) groups is 1. The second kappa shape index (κ2) is 4.68. The molecule has 0 aromatic heterocycles. The molecule has 0 saturated carbocycles. The van der Waals surface area contributed by atoms with Crippen molar-refractivity contribution < 1.29 is 9.84 Å². The largest absolute Gasteiger partial charge is 0.497 e. The Balaban J connectivity index is 2.08. The molecule has 0 bridgehead atoms. The van der Waals surface area contributed by atoms with E-state index in [2.05, 4.69) is 6.92 Å². The van der Waals surface area contributed by atoms with E-state index in [1.54, 1.807) is 7.11 Å². The van der Waals surface area contributed by atoms with E-state index in [9.17, 15) is 5.11 Å². The molecular formula is C13H18O2S. The van der Waals surface area contributed by atoms with Crippen molar-refractivity contribution in [2.45, 2.75) is 30.6 Å². The summed E-state index contributed by atoms with van der Waals surface area (Å²) >= 11 is 1.85. The summed E-state index contributed by atoms with van der Waals surface area (Å²) in [5, 5.41) is 11.0. The molecule has 1 N–H and O–H groups in total. The van der Waals surface area contributed by atoms with Crippen molar-refractivity contribution in [1.29, 1.82) is 0 Å². The fourth-order valence-electron chi connectivity index (χ4n) is 2.24. The van der Waals surface area contributed by atoms with Crippen LogP contribution in [0.1, 0.15) is 18.9 Å². The van der Waals surface area contributed by atoms with Gasteiger partial charge in [-0.1, -0.05) is 19.1 Å². The average molecular weight is 238 g/mol. The minimum Gasteiger partial charge on any atom is -0.497 e. The van der Waals surface area contributed by atoms with Crippen molar-refractivity contribution in [3.05, 3.63) is 29.8 Å². The highest BCUT2D eigenvalue weighted by atomic mass is 32.2. The van der Waals surface area contributed by atoms with Crippen LogP contribution in [0.2, 0.25) is 0 Å². The van der Waals surface area contributed by atoms with Gasteiger partial charge in [-0.15, -0.1) is 0 Å².